The summed E-state index contributed by atoms with van der Waals surface area (Å²) in [5, 5.41) is 3.24. The molecule has 6 heteroatoms. The summed E-state index contributed by atoms with van der Waals surface area (Å²) in [7, 11) is 0. The molecule has 0 spiro atoms. The van der Waals surface area contributed by atoms with Gasteiger partial charge in [-0.15, -0.1) is 0 Å². The zero-order valence-corrected chi connectivity index (χ0v) is 17.1. The Balaban J connectivity index is 1.20. The number of carbonyl (C=O) groups is 2. The van der Waals surface area contributed by atoms with Crippen molar-refractivity contribution in [3.8, 4) is 0 Å². The summed E-state index contributed by atoms with van der Waals surface area (Å²) < 4.78 is 13.1. The van der Waals surface area contributed by atoms with Crippen LogP contribution in [0.25, 0.3) is 0 Å². The van der Waals surface area contributed by atoms with Crippen LogP contribution in [-0.2, 0) is 16.0 Å². The number of anilines is 1. The number of amides is 2. The van der Waals surface area contributed by atoms with Gasteiger partial charge in [0.2, 0.25) is 5.91 Å². The van der Waals surface area contributed by atoms with Crippen molar-refractivity contribution in [1.82, 2.24) is 10.2 Å². The Kier molecular flexibility index (Phi) is 6.55. The predicted octanol–water partition coefficient (Wildman–Crippen LogP) is 3.00. The van der Waals surface area contributed by atoms with E-state index in [1.165, 1.54) is 42.7 Å². The Morgan fingerprint density at radius 2 is 1.67 bits per heavy atom. The van der Waals surface area contributed by atoms with Gasteiger partial charge in [-0.3, -0.25) is 9.59 Å². The molecule has 2 saturated heterocycles. The van der Waals surface area contributed by atoms with E-state index >= 15 is 0 Å². The Bertz CT molecular complexity index is 864. The normalized spacial score (nSPS) is 20.8. The van der Waals surface area contributed by atoms with Gasteiger partial charge in [0.05, 0.1) is 18.2 Å². The van der Waals surface area contributed by atoms with E-state index < -0.39 is 6.04 Å². The van der Waals surface area contributed by atoms with Crippen molar-refractivity contribution in [2.24, 2.45) is 5.92 Å². The van der Waals surface area contributed by atoms with Gasteiger partial charge in [0.15, 0.2) is 0 Å². The monoisotopic (exact) mass is 409 g/mol. The van der Waals surface area contributed by atoms with E-state index in [1.807, 2.05) is 0 Å². The Labute approximate surface area is 176 Å². The minimum absolute atomic E-state index is 0.148. The lowest BCUT2D eigenvalue weighted by Gasteiger charge is -2.32. The van der Waals surface area contributed by atoms with E-state index in [9.17, 15) is 14.0 Å². The van der Waals surface area contributed by atoms with E-state index in [0.717, 1.165) is 36.9 Å². The van der Waals surface area contributed by atoms with Crippen LogP contribution >= 0.6 is 0 Å². The molecule has 4 rings (SSSR count). The highest BCUT2D eigenvalue weighted by Gasteiger charge is 2.39. The van der Waals surface area contributed by atoms with E-state index in [1.54, 1.807) is 0 Å². The molecule has 5 nitrogen and oxygen atoms in total. The summed E-state index contributed by atoms with van der Waals surface area (Å²) in [6.45, 7) is 3.67. The number of hydrogen-bond donors (Lipinski definition) is 1. The van der Waals surface area contributed by atoms with Crippen LogP contribution < -0.4 is 10.2 Å². The van der Waals surface area contributed by atoms with Crippen LogP contribution in [0.4, 0.5) is 10.1 Å². The minimum atomic E-state index is -0.502. The van der Waals surface area contributed by atoms with Crippen molar-refractivity contribution in [2.45, 2.75) is 31.7 Å². The predicted molar refractivity (Wildman–Crippen MR) is 115 cm³/mol. The number of piperidine rings is 1. The van der Waals surface area contributed by atoms with Crippen molar-refractivity contribution in [3.63, 3.8) is 0 Å². The van der Waals surface area contributed by atoms with Gasteiger partial charge in [0, 0.05) is 13.1 Å². The van der Waals surface area contributed by atoms with Crippen molar-refractivity contribution in [2.75, 3.05) is 31.1 Å². The molecule has 2 aliphatic heterocycles. The third-order valence-corrected chi connectivity index (χ3v) is 6.12. The first-order valence-corrected chi connectivity index (χ1v) is 10.7. The molecule has 2 heterocycles. The van der Waals surface area contributed by atoms with Crippen LogP contribution in [0.5, 0.6) is 0 Å². The standard InChI is InChI=1S/C24H28FN3O2/c25-20-6-8-21(9-7-20)28-23(29)17-22(24(28)30)26-12-15-27-13-10-19(11-14-27)16-18-4-2-1-3-5-18/h1-9,19,22,26H,10-17H2. The van der Waals surface area contributed by atoms with Crippen molar-refractivity contribution in [1.29, 1.82) is 0 Å². The smallest absolute Gasteiger partial charge is 0.251 e. The SMILES string of the molecule is O=C1CC(NCCN2CCC(Cc3ccccc3)CC2)C(=O)N1c1ccc(F)cc1. The maximum atomic E-state index is 13.1. The largest absolute Gasteiger partial charge is 0.304 e. The van der Waals surface area contributed by atoms with Gasteiger partial charge in [0.1, 0.15) is 5.82 Å². The Morgan fingerprint density at radius 3 is 2.37 bits per heavy atom. The van der Waals surface area contributed by atoms with Crippen LogP contribution in [0, 0.1) is 11.7 Å². The van der Waals surface area contributed by atoms with E-state index in [2.05, 4.69) is 40.5 Å². The number of hydrogen-bond acceptors (Lipinski definition) is 4. The molecule has 0 aliphatic carbocycles. The molecule has 0 bridgehead atoms. The molecule has 0 saturated carbocycles. The highest BCUT2D eigenvalue weighted by atomic mass is 19.1. The number of rotatable bonds is 7. The second kappa shape index (κ2) is 9.49. The molecule has 0 radical (unpaired) electrons. The average molecular weight is 410 g/mol. The highest BCUT2D eigenvalue weighted by molar-refractivity contribution is 6.22. The summed E-state index contributed by atoms with van der Waals surface area (Å²) in [4.78, 5) is 28.5. The number of likely N-dealkylation sites (tertiary alicyclic amines) is 1. The van der Waals surface area contributed by atoms with Crippen molar-refractivity contribution < 1.29 is 14.0 Å². The Hall–Kier alpha value is -2.57. The molecule has 2 amide bonds. The van der Waals surface area contributed by atoms with Crippen LogP contribution in [0.3, 0.4) is 0 Å². The van der Waals surface area contributed by atoms with Gasteiger partial charge < -0.3 is 10.2 Å². The van der Waals surface area contributed by atoms with Crippen LogP contribution in [0.2, 0.25) is 0 Å². The number of imide groups is 1. The second-order valence-electron chi connectivity index (χ2n) is 8.23. The first-order valence-electron chi connectivity index (χ1n) is 10.7. The number of benzene rings is 2. The molecule has 1 unspecified atom stereocenters. The zero-order valence-electron chi connectivity index (χ0n) is 17.1. The fourth-order valence-electron chi connectivity index (χ4n) is 4.41. The van der Waals surface area contributed by atoms with Gasteiger partial charge in [-0.1, -0.05) is 30.3 Å². The summed E-state index contributed by atoms with van der Waals surface area (Å²) in [5.41, 5.74) is 1.84. The molecular formula is C24H28FN3O2. The second-order valence-corrected chi connectivity index (χ2v) is 8.23. The molecule has 2 aromatic rings. The molecule has 1 N–H and O–H groups in total. The van der Waals surface area contributed by atoms with Crippen LogP contribution in [0.1, 0.15) is 24.8 Å². The van der Waals surface area contributed by atoms with Gasteiger partial charge in [-0.2, -0.15) is 0 Å². The summed E-state index contributed by atoms with van der Waals surface area (Å²) >= 11 is 0. The lowest BCUT2D eigenvalue weighted by atomic mass is 9.90. The number of nitrogens with one attached hydrogen (secondary N) is 1. The molecule has 2 aliphatic rings. The third kappa shape index (κ3) is 4.94. The molecule has 2 aromatic carbocycles. The van der Waals surface area contributed by atoms with E-state index in [4.69, 9.17) is 0 Å². The maximum absolute atomic E-state index is 13.1. The fraction of sp³-hybridized carbons (Fsp3) is 0.417. The van der Waals surface area contributed by atoms with E-state index in [0.29, 0.717) is 12.2 Å². The number of nitrogens with zero attached hydrogens (tertiary/aromatic N) is 2. The quantitative estimate of drug-likeness (QED) is 0.715. The topological polar surface area (TPSA) is 52.7 Å². The van der Waals surface area contributed by atoms with Crippen molar-refractivity contribution in [3.05, 3.63) is 66.0 Å². The Morgan fingerprint density at radius 1 is 0.967 bits per heavy atom. The maximum Gasteiger partial charge on any atom is 0.251 e. The molecule has 30 heavy (non-hydrogen) atoms. The molecule has 158 valence electrons. The van der Waals surface area contributed by atoms with Crippen molar-refractivity contribution >= 4 is 17.5 Å². The van der Waals surface area contributed by atoms with Gasteiger partial charge in [-0.25, -0.2) is 9.29 Å². The number of carbonyl (C=O) groups excluding carboxylic acids is 2. The first kappa shape index (κ1) is 20.7. The summed E-state index contributed by atoms with van der Waals surface area (Å²) in [6, 6.07) is 15.6. The number of halogens is 1. The minimum Gasteiger partial charge on any atom is -0.304 e. The fourth-order valence-corrected chi connectivity index (χ4v) is 4.41. The molecule has 2 fully saturated rings. The highest BCUT2D eigenvalue weighted by Crippen LogP contribution is 2.24. The zero-order chi connectivity index (χ0) is 20.9. The molecule has 1 atom stereocenters. The summed E-state index contributed by atoms with van der Waals surface area (Å²) in [5.74, 6) is -0.158. The first-order chi connectivity index (χ1) is 14.6. The van der Waals surface area contributed by atoms with Crippen LogP contribution in [0.15, 0.2) is 54.6 Å². The van der Waals surface area contributed by atoms with Gasteiger partial charge >= 0.3 is 0 Å². The third-order valence-electron chi connectivity index (χ3n) is 6.12. The van der Waals surface area contributed by atoms with Crippen LogP contribution in [-0.4, -0.2) is 48.9 Å². The lowest BCUT2D eigenvalue weighted by Crippen LogP contribution is -2.44. The average Bonchev–Trinajstić information content (AvgIpc) is 3.04. The lowest BCUT2D eigenvalue weighted by molar-refractivity contribution is -0.121. The molecular weight excluding hydrogens is 381 g/mol. The summed E-state index contributed by atoms with van der Waals surface area (Å²) in [6.07, 6.45) is 3.67. The molecule has 0 aromatic heterocycles. The van der Waals surface area contributed by atoms with Gasteiger partial charge in [0.25, 0.3) is 5.91 Å². The van der Waals surface area contributed by atoms with Gasteiger partial charge in [-0.05, 0) is 68.1 Å². The van der Waals surface area contributed by atoms with E-state index in [-0.39, 0.29) is 24.1 Å².